The fraction of sp³-hybridized carbons (Fsp3) is 0.312. The summed E-state index contributed by atoms with van der Waals surface area (Å²) in [5, 5.41) is 34.9. The zero-order valence-electron chi connectivity index (χ0n) is 23.4. The summed E-state index contributed by atoms with van der Waals surface area (Å²) in [5.41, 5.74) is 2.82. The minimum Gasteiger partial charge on any atom is -0.507 e. The number of phenolic OH excluding ortho intramolecular Hbond substituents is 2. The first-order valence-corrected chi connectivity index (χ1v) is 13.7. The van der Waals surface area contributed by atoms with Gasteiger partial charge in [0, 0.05) is 46.5 Å². The number of ether oxygens (including phenoxy) is 2. The van der Waals surface area contributed by atoms with Gasteiger partial charge >= 0.3 is 5.97 Å². The number of hydrogen-bond donors (Lipinski definition) is 3. The largest absolute Gasteiger partial charge is 0.507 e. The van der Waals surface area contributed by atoms with Crippen molar-refractivity contribution in [2.75, 3.05) is 7.11 Å². The van der Waals surface area contributed by atoms with E-state index in [0.29, 0.717) is 23.4 Å². The first-order valence-electron chi connectivity index (χ1n) is 13.7. The zero-order valence-corrected chi connectivity index (χ0v) is 23.4. The molecule has 2 aliphatic rings. The van der Waals surface area contributed by atoms with Crippen molar-refractivity contribution in [2.24, 2.45) is 0 Å². The van der Waals surface area contributed by atoms with E-state index in [1.807, 2.05) is 18.2 Å². The molecule has 6 rings (SSSR count). The number of benzene rings is 2. The van der Waals surface area contributed by atoms with Gasteiger partial charge in [-0.3, -0.25) is 19.4 Å². The molecule has 0 unspecified atom stereocenters. The van der Waals surface area contributed by atoms with E-state index in [2.05, 4.69) is 4.98 Å². The number of aryl methyl sites for hydroxylation is 3. The highest BCUT2D eigenvalue weighted by Crippen LogP contribution is 2.50. The van der Waals surface area contributed by atoms with Crippen molar-refractivity contribution in [3.05, 3.63) is 91.5 Å². The van der Waals surface area contributed by atoms with E-state index in [1.165, 1.54) is 20.1 Å². The molecule has 0 radical (unpaired) electrons. The second-order valence-electron chi connectivity index (χ2n) is 10.9. The van der Waals surface area contributed by atoms with Crippen LogP contribution in [0.3, 0.4) is 0 Å². The van der Waals surface area contributed by atoms with Gasteiger partial charge in [0.05, 0.1) is 36.9 Å². The second kappa shape index (κ2) is 10.3. The number of fused-ring (bicyclic) bond motifs is 1. The third kappa shape index (κ3) is 4.21. The first-order chi connectivity index (χ1) is 20.1. The molecular weight excluding hydrogens is 540 g/mol. The Morgan fingerprint density at radius 2 is 1.93 bits per heavy atom. The highest BCUT2D eigenvalue weighted by atomic mass is 16.5. The van der Waals surface area contributed by atoms with Crippen LogP contribution < -0.4 is 5.56 Å². The number of para-hydroxylation sites is 1. The number of nitrogens with zero attached hydrogens (tertiary/aromatic N) is 2. The lowest BCUT2D eigenvalue weighted by Crippen LogP contribution is -2.30. The fourth-order valence-corrected chi connectivity index (χ4v) is 6.32. The molecule has 3 N–H and O–H groups in total. The molecule has 2 atom stereocenters. The number of aromatic hydroxyl groups is 3. The van der Waals surface area contributed by atoms with Gasteiger partial charge in [0.2, 0.25) is 0 Å². The van der Waals surface area contributed by atoms with Crippen LogP contribution in [0.1, 0.15) is 81.2 Å². The highest BCUT2D eigenvalue weighted by molar-refractivity contribution is 5.98. The maximum atomic E-state index is 14.0. The summed E-state index contributed by atoms with van der Waals surface area (Å²) in [6.07, 6.45) is 1.77. The number of Topliss-reactive ketones (excluding diaryl/α,β-unsaturated/α-hetero) is 1. The number of phenols is 2. The molecule has 10 heteroatoms. The molecule has 10 nitrogen and oxygen atoms in total. The van der Waals surface area contributed by atoms with Crippen molar-refractivity contribution < 1.29 is 34.4 Å². The van der Waals surface area contributed by atoms with Crippen molar-refractivity contribution in [1.82, 2.24) is 9.55 Å². The van der Waals surface area contributed by atoms with Crippen LogP contribution in [0, 0.1) is 6.92 Å². The lowest BCUT2D eigenvalue weighted by molar-refractivity contribution is -0.140. The quantitative estimate of drug-likeness (QED) is 0.228. The van der Waals surface area contributed by atoms with Gasteiger partial charge in [-0.2, -0.15) is 0 Å². The lowest BCUT2D eigenvalue weighted by Gasteiger charge is -2.26. The molecule has 4 aromatic rings. The number of carbonyl (C=O) groups excluding carboxylic acids is 2. The molecule has 0 spiro atoms. The maximum absolute atomic E-state index is 14.0. The smallest absolute Gasteiger partial charge is 0.306 e. The standard InChI is InChI=1S/C32H30N2O8/c1-15-28(37)25-19(13-33-15)14-42-31(25)23-11-20(16(2)35)29(38)26(30(23)39)21(12-24(36)41-3)22-10-18-7-4-6-17-8-5-9-34(27(17)18)32(22)40/h4,6-7,10-11,13,21,31,37-39H,5,8-9,12,14H2,1-3H3/t21-,31-/m0/s1. The van der Waals surface area contributed by atoms with Crippen LogP contribution in [0.4, 0.5) is 0 Å². The van der Waals surface area contributed by atoms with Crippen molar-refractivity contribution in [3.63, 3.8) is 0 Å². The summed E-state index contributed by atoms with van der Waals surface area (Å²) in [6, 6.07) is 8.76. The van der Waals surface area contributed by atoms with Crippen molar-refractivity contribution >= 4 is 22.7 Å². The number of hydrogen-bond acceptors (Lipinski definition) is 9. The van der Waals surface area contributed by atoms with Crippen molar-refractivity contribution in [1.29, 1.82) is 0 Å². The third-order valence-corrected chi connectivity index (χ3v) is 8.40. The Bertz CT molecular complexity index is 1860. The van der Waals surface area contributed by atoms with Gasteiger partial charge in [0.1, 0.15) is 23.4 Å². The fourth-order valence-electron chi connectivity index (χ4n) is 6.32. The molecular formula is C32H30N2O8. The van der Waals surface area contributed by atoms with Gasteiger partial charge in [0.25, 0.3) is 5.56 Å². The molecule has 0 aliphatic carbocycles. The van der Waals surface area contributed by atoms with Gasteiger partial charge in [-0.15, -0.1) is 0 Å². The number of pyridine rings is 2. The molecule has 2 aliphatic heterocycles. The summed E-state index contributed by atoms with van der Waals surface area (Å²) in [6.45, 7) is 3.46. The zero-order chi connectivity index (χ0) is 29.9. The van der Waals surface area contributed by atoms with E-state index in [4.69, 9.17) is 9.47 Å². The summed E-state index contributed by atoms with van der Waals surface area (Å²) in [5.74, 6) is -3.46. The molecule has 42 heavy (non-hydrogen) atoms. The maximum Gasteiger partial charge on any atom is 0.306 e. The average Bonchev–Trinajstić information content (AvgIpc) is 3.40. The average molecular weight is 571 g/mol. The predicted molar refractivity (Wildman–Crippen MR) is 152 cm³/mol. The summed E-state index contributed by atoms with van der Waals surface area (Å²) >= 11 is 0. The Balaban J connectivity index is 1.64. The predicted octanol–water partition coefficient (Wildman–Crippen LogP) is 4.29. The van der Waals surface area contributed by atoms with E-state index in [-0.39, 0.29) is 40.2 Å². The van der Waals surface area contributed by atoms with Gasteiger partial charge in [0.15, 0.2) is 5.78 Å². The van der Waals surface area contributed by atoms with E-state index < -0.39 is 41.7 Å². The van der Waals surface area contributed by atoms with E-state index in [9.17, 15) is 29.7 Å². The van der Waals surface area contributed by atoms with Crippen LogP contribution in [0.2, 0.25) is 0 Å². The van der Waals surface area contributed by atoms with Crippen LogP contribution in [0.5, 0.6) is 17.2 Å². The molecule has 216 valence electrons. The van der Waals surface area contributed by atoms with Crippen LogP contribution in [0.25, 0.3) is 10.9 Å². The molecule has 0 saturated heterocycles. The minimum absolute atomic E-state index is 0.0925. The van der Waals surface area contributed by atoms with Gasteiger partial charge < -0.3 is 29.4 Å². The minimum atomic E-state index is -1.17. The van der Waals surface area contributed by atoms with Crippen LogP contribution >= 0.6 is 0 Å². The Morgan fingerprint density at radius 1 is 1.14 bits per heavy atom. The molecule has 2 aromatic heterocycles. The molecule has 2 aromatic carbocycles. The van der Waals surface area contributed by atoms with Gasteiger partial charge in [-0.1, -0.05) is 18.2 Å². The number of esters is 1. The van der Waals surface area contributed by atoms with Crippen molar-refractivity contribution in [3.8, 4) is 17.2 Å². The monoisotopic (exact) mass is 570 g/mol. The molecule has 0 bridgehead atoms. The number of ketones is 1. The van der Waals surface area contributed by atoms with E-state index >= 15 is 0 Å². The van der Waals surface area contributed by atoms with Crippen LogP contribution in [-0.4, -0.2) is 43.7 Å². The van der Waals surface area contributed by atoms with Crippen LogP contribution in [-0.2, 0) is 33.8 Å². The Kier molecular flexibility index (Phi) is 6.73. The molecule has 0 amide bonds. The molecule has 4 heterocycles. The summed E-state index contributed by atoms with van der Waals surface area (Å²) in [4.78, 5) is 43.8. The van der Waals surface area contributed by atoms with Gasteiger partial charge in [-0.25, -0.2) is 0 Å². The number of aromatic nitrogens is 2. The normalized spacial score (nSPS) is 16.3. The molecule has 0 fully saturated rings. The Labute approximate surface area is 240 Å². The topological polar surface area (TPSA) is 148 Å². The first kappa shape index (κ1) is 27.5. The lowest BCUT2D eigenvalue weighted by atomic mass is 9.82. The molecule has 0 saturated carbocycles. The summed E-state index contributed by atoms with van der Waals surface area (Å²) in [7, 11) is 1.21. The Morgan fingerprint density at radius 3 is 2.67 bits per heavy atom. The van der Waals surface area contributed by atoms with E-state index in [1.54, 1.807) is 23.8 Å². The van der Waals surface area contributed by atoms with Crippen molar-refractivity contribution in [2.45, 2.75) is 58.3 Å². The summed E-state index contributed by atoms with van der Waals surface area (Å²) < 4.78 is 12.6. The highest BCUT2D eigenvalue weighted by Gasteiger charge is 2.37. The second-order valence-corrected chi connectivity index (χ2v) is 10.9. The Hall–Kier alpha value is -4.70. The van der Waals surface area contributed by atoms with E-state index in [0.717, 1.165) is 29.3 Å². The number of rotatable bonds is 6. The number of carbonyl (C=O) groups is 2. The number of methoxy groups -OCH3 is 1. The van der Waals surface area contributed by atoms with Crippen LogP contribution in [0.15, 0.2) is 41.3 Å². The van der Waals surface area contributed by atoms with Gasteiger partial charge in [-0.05, 0) is 49.8 Å². The third-order valence-electron chi connectivity index (χ3n) is 8.40. The SMILES string of the molecule is COC(=O)C[C@H](c1c(O)c(C(C)=O)cc([C@@H]2OCc3cnc(C)c(O)c32)c1O)c1cc2cccc3c2n(c1=O)CCC3.